The lowest BCUT2D eigenvalue weighted by atomic mass is 10.0. The number of nitrogens with zero attached hydrogens (tertiary/aromatic N) is 4. The second kappa shape index (κ2) is 9.70. The van der Waals surface area contributed by atoms with Gasteiger partial charge in [-0.25, -0.2) is 28.2 Å². The topological polar surface area (TPSA) is 131 Å². The molecular formula is C23H25N5O5S2. The Morgan fingerprint density at radius 3 is 2.43 bits per heavy atom. The molecule has 12 heteroatoms. The number of ether oxygens (including phenoxy) is 1. The Balaban J connectivity index is 1.46. The highest BCUT2D eigenvalue weighted by atomic mass is 32.2. The summed E-state index contributed by atoms with van der Waals surface area (Å²) < 4.78 is 27.9. The van der Waals surface area contributed by atoms with Gasteiger partial charge in [-0.05, 0) is 23.6 Å². The van der Waals surface area contributed by atoms with Gasteiger partial charge in [-0.1, -0.05) is 37.3 Å². The molecule has 0 saturated heterocycles. The van der Waals surface area contributed by atoms with Crippen molar-refractivity contribution in [1.29, 1.82) is 0 Å². The number of esters is 1. The highest BCUT2D eigenvalue weighted by Crippen LogP contribution is 2.43. The Labute approximate surface area is 207 Å². The van der Waals surface area contributed by atoms with Crippen LogP contribution in [0.5, 0.6) is 0 Å². The molecule has 0 radical (unpaired) electrons. The molecule has 35 heavy (non-hydrogen) atoms. The SMILES string of the molecule is COC(=O)c1cnc(N2Cc3sc(NC(=O)Cc4ccc(S(C)(=O)=O)cc4)nc3[C@@H]2C(C)C)nc1. The van der Waals surface area contributed by atoms with Crippen molar-refractivity contribution in [3.8, 4) is 0 Å². The molecule has 0 unspecified atom stereocenters. The first-order valence-electron chi connectivity index (χ1n) is 10.8. The fourth-order valence-electron chi connectivity index (χ4n) is 3.93. The maximum Gasteiger partial charge on any atom is 0.341 e. The van der Waals surface area contributed by atoms with Crippen molar-refractivity contribution in [2.45, 2.75) is 37.8 Å². The van der Waals surface area contributed by atoms with Crippen LogP contribution in [-0.2, 0) is 32.3 Å². The molecule has 184 valence electrons. The van der Waals surface area contributed by atoms with E-state index in [1.165, 1.54) is 43.0 Å². The average molecular weight is 516 g/mol. The Morgan fingerprint density at radius 1 is 1.20 bits per heavy atom. The lowest BCUT2D eigenvalue weighted by molar-refractivity contribution is -0.115. The van der Waals surface area contributed by atoms with Crippen LogP contribution in [0.2, 0.25) is 0 Å². The lowest BCUT2D eigenvalue weighted by Gasteiger charge is -2.27. The normalized spacial score (nSPS) is 15.2. The summed E-state index contributed by atoms with van der Waals surface area (Å²) in [6.07, 6.45) is 4.14. The molecular weight excluding hydrogens is 490 g/mol. The summed E-state index contributed by atoms with van der Waals surface area (Å²) >= 11 is 1.40. The van der Waals surface area contributed by atoms with Crippen LogP contribution >= 0.6 is 11.3 Å². The quantitative estimate of drug-likeness (QED) is 0.472. The molecule has 1 atom stereocenters. The Kier molecular flexibility index (Phi) is 6.86. The first-order chi connectivity index (χ1) is 16.6. The third kappa shape index (κ3) is 5.33. The molecule has 1 amide bonds. The zero-order valence-corrected chi connectivity index (χ0v) is 21.3. The van der Waals surface area contributed by atoms with E-state index in [2.05, 4.69) is 29.1 Å². The van der Waals surface area contributed by atoms with Crippen LogP contribution in [0.3, 0.4) is 0 Å². The molecule has 0 bridgehead atoms. The molecule has 3 aromatic rings. The van der Waals surface area contributed by atoms with Crippen LogP contribution in [-0.4, -0.2) is 48.6 Å². The zero-order chi connectivity index (χ0) is 25.3. The van der Waals surface area contributed by atoms with Gasteiger partial charge in [-0.3, -0.25) is 4.79 Å². The number of hydrogen-bond donors (Lipinski definition) is 1. The molecule has 4 rings (SSSR count). The van der Waals surface area contributed by atoms with E-state index < -0.39 is 15.8 Å². The Hall–Kier alpha value is -3.38. The summed E-state index contributed by atoms with van der Waals surface area (Å²) in [6.45, 7) is 4.69. The molecule has 1 N–H and O–H groups in total. The molecule has 2 aromatic heterocycles. The number of fused-ring (bicyclic) bond motifs is 1. The maximum atomic E-state index is 12.6. The summed E-state index contributed by atoms with van der Waals surface area (Å²) in [6, 6.07) is 6.18. The van der Waals surface area contributed by atoms with E-state index >= 15 is 0 Å². The van der Waals surface area contributed by atoms with E-state index in [0.717, 1.165) is 16.8 Å². The van der Waals surface area contributed by atoms with Crippen molar-refractivity contribution < 1.29 is 22.7 Å². The predicted molar refractivity (Wildman–Crippen MR) is 131 cm³/mol. The molecule has 0 fully saturated rings. The number of thiazole rings is 1. The Morgan fingerprint density at radius 2 is 1.86 bits per heavy atom. The van der Waals surface area contributed by atoms with Crippen LogP contribution in [0.4, 0.5) is 11.1 Å². The van der Waals surface area contributed by atoms with Gasteiger partial charge in [-0.15, -0.1) is 0 Å². The van der Waals surface area contributed by atoms with Crippen LogP contribution in [0.1, 0.15) is 46.4 Å². The van der Waals surface area contributed by atoms with Gasteiger partial charge < -0.3 is 15.0 Å². The zero-order valence-electron chi connectivity index (χ0n) is 19.7. The van der Waals surface area contributed by atoms with Crippen molar-refractivity contribution in [3.05, 3.63) is 58.4 Å². The van der Waals surface area contributed by atoms with Gasteiger partial charge in [0.15, 0.2) is 15.0 Å². The first kappa shape index (κ1) is 24.7. The van der Waals surface area contributed by atoms with Gasteiger partial charge in [0.25, 0.3) is 0 Å². The molecule has 10 nitrogen and oxygen atoms in total. The summed E-state index contributed by atoms with van der Waals surface area (Å²) in [7, 11) is -1.98. The number of methoxy groups -OCH3 is 1. The molecule has 1 aliphatic heterocycles. The van der Waals surface area contributed by atoms with E-state index in [4.69, 9.17) is 9.72 Å². The average Bonchev–Trinajstić information content (AvgIpc) is 3.35. The number of benzene rings is 1. The van der Waals surface area contributed by atoms with Crippen LogP contribution in [0, 0.1) is 5.92 Å². The van der Waals surface area contributed by atoms with Crippen molar-refractivity contribution in [2.75, 3.05) is 23.6 Å². The minimum atomic E-state index is -3.28. The van der Waals surface area contributed by atoms with Crippen molar-refractivity contribution in [2.24, 2.45) is 5.92 Å². The van der Waals surface area contributed by atoms with Crippen LogP contribution in [0.25, 0.3) is 0 Å². The van der Waals surface area contributed by atoms with Gasteiger partial charge in [-0.2, -0.15) is 0 Å². The number of carbonyl (C=O) groups excluding carboxylic acids is 2. The number of hydrogen-bond acceptors (Lipinski definition) is 10. The van der Waals surface area contributed by atoms with Crippen molar-refractivity contribution in [1.82, 2.24) is 15.0 Å². The van der Waals surface area contributed by atoms with Gasteiger partial charge in [0, 0.05) is 18.6 Å². The summed E-state index contributed by atoms with van der Waals surface area (Å²) in [4.78, 5) is 40.9. The number of nitrogens with one attached hydrogen (secondary N) is 1. The second-order valence-electron chi connectivity index (χ2n) is 8.55. The minimum Gasteiger partial charge on any atom is -0.465 e. The summed E-state index contributed by atoms with van der Waals surface area (Å²) in [5.41, 5.74) is 1.86. The van der Waals surface area contributed by atoms with Crippen LogP contribution < -0.4 is 10.2 Å². The monoisotopic (exact) mass is 515 g/mol. The molecule has 0 spiro atoms. The Bertz CT molecular complexity index is 1350. The standard InChI is InChI=1S/C23H25N5O5S2/c1-13(2)20-19-17(12-28(20)22-24-10-15(11-25-22)21(30)33-3)34-23(27-19)26-18(29)9-14-5-7-16(8-6-14)35(4,31)32/h5-8,10-11,13,20H,9,12H2,1-4H3,(H,26,27,29)/t20-/m0/s1. The molecule has 0 aliphatic carbocycles. The number of sulfone groups is 1. The van der Waals surface area contributed by atoms with Crippen molar-refractivity contribution in [3.63, 3.8) is 0 Å². The lowest BCUT2D eigenvalue weighted by Crippen LogP contribution is -2.28. The van der Waals surface area contributed by atoms with E-state index in [9.17, 15) is 18.0 Å². The fraction of sp³-hybridized carbons (Fsp3) is 0.348. The van der Waals surface area contributed by atoms with Gasteiger partial charge in [0.05, 0.1) is 47.1 Å². The molecule has 0 saturated carbocycles. The highest BCUT2D eigenvalue weighted by Gasteiger charge is 2.37. The summed E-state index contributed by atoms with van der Waals surface area (Å²) in [5, 5.41) is 3.37. The van der Waals surface area contributed by atoms with E-state index in [1.807, 2.05) is 4.90 Å². The van der Waals surface area contributed by atoms with Gasteiger partial charge in [0.2, 0.25) is 11.9 Å². The number of aromatic nitrogens is 3. The van der Waals surface area contributed by atoms with Gasteiger partial charge in [0.1, 0.15) is 0 Å². The van der Waals surface area contributed by atoms with E-state index in [0.29, 0.717) is 23.2 Å². The fourth-order valence-corrected chi connectivity index (χ4v) is 5.58. The first-order valence-corrected chi connectivity index (χ1v) is 13.5. The van der Waals surface area contributed by atoms with E-state index in [-0.39, 0.29) is 34.7 Å². The molecule has 1 aliphatic rings. The van der Waals surface area contributed by atoms with Crippen molar-refractivity contribution >= 4 is 44.1 Å². The second-order valence-corrected chi connectivity index (χ2v) is 11.6. The number of carbonyl (C=O) groups is 2. The number of anilines is 2. The maximum absolute atomic E-state index is 12.6. The third-order valence-electron chi connectivity index (χ3n) is 5.57. The number of amides is 1. The van der Waals surface area contributed by atoms with E-state index in [1.54, 1.807) is 12.1 Å². The minimum absolute atomic E-state index is 0.0839. The predicted octanol–water partition coefficient (Wildman–Crippen LogP) is 3.02. The largest absolute Gasteiger partial charge is 0.465 e. The number of rotatable bonds is 7. The summed E-state index contributed by atoms with van der Waals surface area (Å²) in [5.74, 6) is -0.0427. The third-order valence-corrected chi connectivity index (χ3v) is 7.67. The van der Waals surface area contributed by atoms with Crippen LogP contribution in [0.15, 0.2) is 41.6 Å². The molecule has 3 heterocycles. The smallest absolute Gasteiger partial charge is 0.341 e. The molecule has 1 aromatic carbocycles. The highest BCUT2D eigenvalue weighted by molar-refractivity contribution is 7.90. The van der Waals surface area contributed by atoms with Gasteiger partial charge >= 0.3 is 5.97 Å².